The molecule has 1 amide bonds. The van der Waals surface area contributed by atoms with E-state index in [4.69, 9.17) is 5.11 Å². The first kappa shape index (κ1) is 16.3. The molecule has 1 heterocycles. The molecule has 0 atom stereocenters. The van der Waals surface area contributed by atoms with E-state index in [9.17, 15) is 9.59 Å². The van der Waals surface area contributed by atoms with Gasteiger partial charge in [-0.25, -0.2) is 0 Å². The Kier molecular flexibility index (Phi) is 6.49. The van der Waals surface area contributed by atoms with Crippen LogP contribution >= 0.6 is 0 Å². The number of nitrogens with zero attached hydrogens (tertiary/aromatic N) is 1. The predicted octanol–water partition coefficient (Wildman–Crippen LogP) is 1.87. The summed E-state index contributed by atoms with van der Waals surface area (Å²) < 4.78 is 0. The summed E-state index contributed by atoms with van der Waals surface area (Å²) in [5.41, 5.74) is 0. The van der Waals surface area contributed by atoms with Gasteiger partial charge in [-0.2, -0.15) is 0 Å². The van der Waals surface area contributed by atoms with Gasteiger partial charge in [0.25, 0.3) is 0 Å². The SMILES string of the molecule is O=C(O)C1CCN(C(=O)CNCCC2CCCCC2)CC1. The van der Waals surface area contributed by atoms with Gasteiger partial charge in [0.2, 0.25) is 5.91 Å². The van der Waals surface area contributed by atoms with E-state index in [1.165, 1.54) is 38.5 Å². The standard InChI is InChI=1S/C16H28N2O3/c19-15(18-10-7-14(8-11-18)16(20)21)12-17-9-6-13-4-2-1-3-5-13/h13-14,17H,1-12H2,(H,20,21). The van der Waals surface area contributed by atoms with Crippen LogP contribution < -0.4 is 5.32 Å². The molecule has 0 radical (unpaired) electrons. The summed E-state index contributed by atoms with van der Waals surface area (Å²) in [5.74, 6) is -0.0452. The lowest BCUT2D eigenvalue weighted by Gasteiger charge is -2.30. The lowest BCUT2D eigenvalue weighted by atomic mass is 9.87. The van der Waals surface area contributed by atoms with Crippen molar-refractivity contribution in [1.82, 2.24) is 10.2 Å². The molecule has 1 saturated heterocycles. The van der Waals surface area contributed by atoms with Crippen LogP contribution in [0.1, 0.15) is 51.4 Å². The number of carbonyl (C=O) groups is 2. The maximum Gasteiger partial charge on any atom is 0.306 e. The minimum absolute atomic E-state index is 0.113. The molecule has 0 aromatic rings. The number of nitrogens with one attached hydrogen (secondary N) is 1. The number of rotatable bonds is 6. The number of hydrogen-bond donors (Lipinski definition) is 2. The Morgan fingerprint density at radius 1 is 1.05 bits per heavy atom. The van der Waals surface area contributed by atoms with E-state index in [0.29, 0.717) is 32.5 Å². The quantitative estimate of drug-likeness (QED) is 0.734. The van der Waals surface area contributed by atoms with Gasteiger partial charge in [-0.15, -0.1) is 0 Å². The third-order valence-electron chi connectivity index (χ3n) is 4.93. The minimum atomic E-state index is -0.729. The van der Waals surface area contributed by atoms with Gasteiger partial charge >= 0.3 is 5.97 Å². The molecule has 0 spiro atoms. The van der Waals surface area contributed by atoms with Crippen LogP contribution in [0.5, 0.6) is 0 Å². The molecule has 5 nitrogen and oxygen atoms in total. The average Bonchev–Trinajstić information content (AvgIpc) is 2.52. The minimum Gasteiger partial charge on any atom is -0.481 e. The van der Waals surface area contributed by atoms with Crippen molar-refractivity contribution in [1.29, 1.82) is 0 Å². The fourth-order valence-electron chi connectivity index (χ4n) is 3.46. The molecular weight excluding hydrogens is 268 g/mol. The molecule has 5 heteroatoms. The summed E-state index contributed by atoms with van der Waals surface area (Å²) >= 11 is 0. The highest BCUT2D eigenvalue weighted by molar-refractivity contribution is 5.78. The molecule has 0 bridgehead atoms. The number of carbonyl (C=O) groups excluding carboxylic acids is 1. The topological polar surface area (TPSA) is 69.6 Å². The van der Waals surface area contributed by atoms with Gasteiger partial charge in [0, 0.05) is 13.1 Å². The molecule has 1 aliphatic carbocycles. The molecule has 120 valence electrons. The van der Waals surface area contributed by atoms with E-state index >= 15 is 0 Å². The number of amides is 1. The van der Waals surface area contributed by atoms with Gasteiger partial charge in [0.1, 0.15) is 0 Å². The molecular formula is C16H28N2O3. The number of carboxylic acid groups (broad SMARTS) is 1. The van der Waals surface area contributed by atoms with Crippen molar-refractivity contribution in [2.24, 2.45) is 11.8 Å². The van der Waals surface area contributed by atoms with Gasteiger partial charge in [-0.05, 0) is 31.7 Å². The van der Waals surface area contributed by atoms with Crippen LogP contribution in [-0.2, 0) is 9.59 Å². The largest absolute Gasteiger partial charge is 0.481 e. The molecule has 2 N–H and O–H groups in total. The summed E-state index contributed by atoms with van der Waals surface area (Å²) in [5, 5.41) is 12.2. The Labute approximate surface area is 127 Å². The Hall–Kier alpha value is -1.10. The number of piperidine rings is 1. The number of hydrogen-bond acceptors (Lipinski definition) is 3. The molecule has 0 aromatic carbocycles. The fourth-order valence-corrected chi connectivity index (χ4v) is 3.46. The van der Waals surface area contributed by atoms with Crippen LogP contribution in [0.25, 0.3) is 0 Å². The second kappa shape index (κ2) is 8.37. The molecule has 2 fully saturated rings. The van der Waals surface area contributed by atoms with Crippen LogP contribution in [-0.4, -0.2) is 48.1 Å². The van der Waals surface area contributed by atoms with Gasteiger partial charge in [-0.3, -0.25) is 9.59 Å². The molecule has 0 aromatic heterocycles. The smallest absolute Gasteiger partial charge is 0.306 e. The molecule has 2 aliphatic rings. The zero-order valence-electron chi connectivity index (χ0n) is 12.9. The summed E-state index contributed by atoms with van der Waals surface area (Å²) in [6, 6.07) is 0. The van der Waals surface area contributed by atoms with Crippen LogP contribution in [0.4, 0.5) is 0 Å². The van der Waals surface area contributed by atoms with Crippen molar-refractivity contribution in [2.45, 2.75) is 51.4 Å². The van der Waals surface area contributed by atoms with Crippen molar-refractivity contribution in [3.05, 3.63) is 0 Å². The monoisotopic (exact) mass is 296 g/mol. The first-order chi connectivity index (χ1) is 10.2. The average molecular weight is 296 g/mol. The van der Waals surface area contributed by atoms with Gasteiger partial charge in [0.05, 0.1) is 12.5 Å². The van der Waals surface area contributed by atoms with Crippen LogP contribution in [0.15, 0.2) is 0 Å². The third-order valence-corrected chi connectivity index (χ3v) is 4.93. The van der Waals surface area contributed by atoms with Crippen molar-refractivity contribution >= 4 is 11.9 Å². The molecule has 1 aliphatic heterocycles. The van der Waals surface area contributed by atoms with Crippen molar-refractivity contribution < 1.29 is 14.7 Å². The van der Waals surface area contributed by atoms with E-state index in [-0.39, 0.29) is 11.8 Å². The van der Waals surface area contributed by atoms with Crippen molar-refractivity contribution in [2.75, 3.05) is 26.2 Å². The van der Waals surface area contributed by atoms with Crippen molar-refractivity contribution in [3.8, 4) is 0 Å². The zero-order chi connectivity index (χ0) is 15.1. The van der Waals surface area contributed by atoms with E-state index < -0.39 is 5.97 Å². The Bertz CT molecular complexity index is 345. The second-order valence-electron chi connectivity index (χ2n) is 6.46. The second-order valence-corrected chi connectivity index (χ2v) is 6.46. The normalized spacial score (nSPS) is 21.4. The number of likely N-dealkylation sites (tertiary alicyclic amines) is 1. The zero-order valence-corrected chi connectivity index (χ0v) is 12.9. The number of aliphatic carboxylic acids is 1. The maximum atomic E-state index is 12.0. The first-order valence-electron chi connectivity index (χ1n) is 8.38. The Morgan fingerprint density at radius 3 is 2.33 bits per heavy atom. The van der Waals surface area contributed by atoms with E-state index in [1.807, 2.05) is 0 Å². The van der Waals surface area contributed by atoms with Crippen LogP contribution in [0.3, 0.4) is 0 Å². The summed E-state index contributed by atoms with van der Waals surface area (Å²) in [6.07, 6.45) is 9.15. The summed E-state index contributed by atoms with van der Waals surface area (Å²) in [7, 11) is 0. The molecule has 0 unspecified atom stereocenters. The third kappa shape index (κ3) is 5.30. The van der Waals surface area contributed by atoms with Crippen LogP contribution in [0, 0.1) is 11.8 Å². The Balaban J connectivity index is 1.56. The van der Waals surface area contributed by atoms with E-state index in [2.05, 4.69) is 5.32 Å². The van der Waals surface area contributed by atoms with Crippen molar-refractivity contribution in [3.63, 3.8) is 0 Å². The highest BCUT2D eigenvalue weighted by atomic mass is 16.4. The number of carboxylic acids is 1. The predicted molar refractivity (Wildman–Crippen MR) is 81.0 cm³/mol. The molecule has 2 rings (SSSR count). The van der Waals surface area contributed by atoms with E-state index in [1.54, 1.807) is 4.90 Å². The lowest BCUT2D eigenvalue weighted by Crippen LogP contribution is -2.44. The fraction of sp³-hybridized carbons (Fsp3) is 0.875. The first-order valence-corrected chi connectivity index (χ1v) is 8.38. The summed E-state index contributed by atoms with van der Waals surface area (Å²) in [4.78, 5) is 24.7. The summed E-state index contributed by atoms with van der Waals surface area (Å²) in [6.45, 7) is 2.48. The van der Waals surface area contributed by atoms with E-state index in [0.717, 1.165) is 12.5 Å². The van der Waals surface area contributed by atoms with Crippen LogP contribution in [0.2, 0.25) is 0 Å². The van der Waals surface area contributed by atoms with Gasteiger partial charge in [-0.1, -0.05) is 32.1 Å². The highest BCUT2D eigenvalue weighted by Gasteiger charge is 2.26. The molecule has 21 heavy (non-hydrogen) atoms. The lowest BCUT2D eigenvalue weighted by molar-refractivity contribution is -0.145. The highest BCUT2D eigenvalue weighted by Crippen LogP contribution is 2.25. The van der Waals surface area contributed by atoms with Gasteiger partial charge in [0.15, 0.2) is 0 Å². The Morgan fingerprint density at radius 2 is 1.71 bits per heavy atom. The van der Waals surface area contributed by atoms with Gasteiger partial charge < -0.3 is 15.3 Å². The molecule has 1 saturated carbocycles. The maximum absolute atomic E-state index is 12.0.